The van der Waals surface area contributed by atoms with Gasteiger partial charge in [0.05, 0.1) is 0 Å². The molecule has 1 aliphatic carbocycles. The lowest BCUT2D eigenvalue weighted by Crippen LogP contribution is -2.52. The van der Waals surface area contributed by atoms with Gasteiger partial charge in [0.15, 0.2) is 0 Å². The number of aliphatic hydroxyl groups is 1. The van der Waals surface area contributed by atoms with Crippen molar-refractivity contribution in [3.05, 3.63) is 30.1 Å². The number of hydrogen-bond acceptors (Lipinski definition) is 3. The molecule has 4 heteroatoms. The van der Waals surface area contributed by atoms with Gasteiger partial charge in [0, 0.05) is 12.1 Å². The van der Waals surface area contributed by atoms with Crippen LogP contribution in [0.4, 0.5) is 4.39 Å². The van der Waals surface area contributed by atoms with Gasteiger partial charge in [0.1, 0.15) is 23.8 Å². The maximum absolute atomic E-state index is 13.2. The zero-order valence-electron chi connectivity index (χ0n) is 11.7. The van der Waals surface area contributed by atoms with Crippen molar-refractivity contribution < 1.29 is 14.2 Å². The fourth-order valence-electron chi connectivity index (χ4n) is 3.43. The van der Waals surface area contributed by atoms with Crippen molar-refractivity contribution in [3.63, 3.8) is 0 Å². The number of nitrogens with zero attached hydrogens (tertiary/aromatic N) is 1. The van der Waals surface area contributed by atoms with Crippen LogP contribution in [0.15, 0.2) is 24.3 Å². The van der Waals surface area contributed by atoms with Gasteiger partial charge in [-0.3, -0.25) is 4.90 Å². The maximum Gasteiger partial charge on any atom is 0.126 e. The fourth-order valence-corrected chi connectivity index (χ4v) is 3.43. The van der Waals surface area contributed by atoms with Gasteiger partial charge in [-0.25, -0.2) is 4.39 Å². The molecule has 0 radical (unpaired) electrons. The van der Waals surface area contributed by atoms with Crippen LogP contribution in [0.1, 0.15) is 32.1 Å². The Hall–Kier alpha value is -1.13. The highest BCUT2D eigenvalue weighted by Crippen LogP contribution is 2.29. The molecule has 3 atom stereocenters. The van der Waals surface area contributed by atoms with Gasteiger partial charge in [-0.05, 0) is 57.3 Å². The summed E-state index contributed by atoms with van der Waals surface area (Å²) < 4.78 is 19.0. The van der Waals surface area contributed by atoms with Crippen LogP contribution in [-0.4, -0.2) is 41.3 Å². The molecule has 110 valence electrons. The highest BCUT2D eigenvalue weighted by Gasteiger charge is 2.37. The number of benzene rings is 1. The van der Waals surface area contributed by atoms with E-state index in [-0.39, 0.29) is 18.0 Å². The first-order valence-corrected chi connectivity index (χ1v) is 7.58. The number of hydrogen-bond donors (Lipinski definition) is 1. The van der Waals surface area contributed by atoms with Gasteiger partial charge < -0.3 is 9.84 Å². The van der Waals surface area contributed by atoms with E-state index in [9.17, 15) is 9.50 Å². The smallest absolute Gasteiger partial charge is 0.126 e. The highest BCUT2D eigenvalue weighted by atomic mass is 19.1. The molecule has 2 aliphatic rings. The van der Waals surface area contributed by atoms with E-state index in [0.717, 1.165) is 32.4 Å². The van der Waals surface area contributed by atoms with E-state index in [0.29, 0.717) is 5.75 Å². The van der Waals surface area contributed by atoms with Crippen LogP contribution in [0, 0.1) is 5.82 Å². The molecule has 1 aliphatic heterocycles. The van der Waals surface area contributed by atoms with Crippen LogP contribution in [-0.2, 0) is 0 Å². The van der Waals surface area contributed by atoms with Crippen molar-refractivity contribution in [2.75, 3.05) is 13.1 Å². The molecule has 0 bridgehead atoms. The normalized spacial score (nSPS) is 31.4. The van der Waals surface area contributed by atoms with Gasteiger partial charge in [0.25, 0.3) is 0 Å². The van der Waals surface area contributed by atoms with E-state index in [4.69, 9.17) is 4.74 Å². The van der Waals surface area contributed by atoms with Crippen LogP contribution in [0.5, 0.6) is 5.75 Å². The number of halogens is 1. The van der Waals surface area contributed by atoms with Gasteiger partial charge in [-0.2, -0.15) is 0 Å². The topological polar surface area (TPSA) is 32.7 Å². The van der Waals surface area contributed by atoms with E-state index in [1.807, 2.05) is 0 Å². The Balaban J connectivity index is 1.66. The van der Waals surface area contributed by atoms with E-state index >= 15 is 0 Å². The summed E-state index contributed by atoms with van der Waals surface area (Å²) in [6, 6.07) is 6.36. The Morgan fingerprint density at radius 2 is 1.95 bits per heavy atom. The van der Waals surface area contributed by atoms with E-state index in [1.165, 1.54) is 25.0 Å². The lowest BCUT2D eigenvalue weighted by molar-refractivity contribution is -0.0480. The van der Waals surface area contributed by atoms with Crippen molar-refractivity contribution in [1.82, 2.24) is 4.90 Å². The first kappa shape index (κ1) is 13.8. The van der Waals surface area contributed by atoms with Crippen LogP contribution >= 0.6 is 0 Å². The molecule has 0 aromatic heterocycles. The average Bonchev–Trinajstić information content (AvgIpc) is 2.95. The number of aliphatic hydroxyl groups excluding tert-OH is 1. The van der Waals surface area contributed by atoms with Gasteiger partial charge in [-0.1, -0.05) is 6.07 Å². The summed E-state index contributed by atoms with van der Waals surface area (Å²) in [4.78, 5) is 2.38. The lowest BCUT2D eigenvalue weighted by atomic mass is 9.89. The fraction of sp³-hybridized carbons (Fsp3) is 0.625. The van der Waals surface area contributed by atoms with Gasteiger partial charge >= 0.3 is 0 Å². The summed E-state index contributed by atoms with van der Waals surface area (Å²) in [6.45, 7) is 2.16. The van der Waals surface area contributed by atoms with Crippen molar-refractivity contribution >= 4 is 0 Å². The lowest BCUT2D eigenvalue weighted by Gasteiger charge is -2.39. The molecule has 1 saturated heterocycles. The largest absolute Gasteiger partial charge is 0.488 e. The van der Waals surface area contributed by atoms with Gasteiger partial charge in [-0.15, -0.1) is 0 Å². The van der Waals surface area contributed by atoms with Crippen LogP contribution in [0.3, 0.4) is 0 Å². The summed E-state index contributed by atoms with van der Waals surface area (Å²) in [6.07, 6.45) is 4.66. The minimum absolute atomic E-state index is 0.199. The quantitative estimate of drug-likeness (QED) is 0.923. The third-order valence-corrected chi connectivity index (χ3v) is 4.46. The Morgan fingerprint density at radius 1 is 1.15 bits per heavy atom. The predicted molar refractivity (Wildman–Crippen MR) is 75.3 cm³/mol. The monoisotopic (exact) mass is 279 g/mol. The minimum atomic E-state index is -0.481. The summed E-state index contributed by atoms with van der Waals surface area (Å²) >= 11 is 0. The Labute approximate surface area is 119 Å². The third kappa shape index (κ3) is 2.96. The molecular formula is C16H22FNO2. The average molecular weight is 279 g/mol. The molecular weight excluding hydrogens is 257 g/mol. The van der Waals surface area contributed by atoms with Crippen molar-refractivity contribution in [3.8, 4) is 5.75 Å². The minimum Gasteiger partial charge on any atom is -0.488 e. The molecule has 20 heavy (non-hydrogen) atoms. The van der Waals surface area contributed by atoms with Crippen LogP contribution in [0.2, 0.25) is 0 Å². The zero-order chi connectivity index (χ0) is 13.9. The molecule has 2 fully saturated rings. The maximum atomic E-state index is 13.2. The summed E-state index contributed by atoms with van der Waals surface area (Å²) in [5, 5.41) is 10.6. The molecule has 3 nitrogen and oxygen atoms in total. The summed E-state index contributed by atoms with van der Waals surface area (Å²) in [5.74, 6) is 0.208. The number of ether oxygens (including phenoxy) is 1. The van der Waals surface area contributed by atoms with Crippen molar-refractivity contribution in [2.24, 2.45) is 0 Å². The highest BCUT2D eigenvalue weighted by molar-refractivity contribution is 5.23. The molecule has 1 N–H and O–H groups in total. The summed E-state index contributed by atoms with van der Waals surface area (Å²) in [7, 11) is 0. The predicted octanol–water partition coefficient (Wildman–Crippen LogP) is 2.58. The molecule has 1 aromatic rings. The van der Waals surface area contributed by atoms with Crippen molar-refractivity contribution in [2.45, 2.75) is 50.4 Å². The molecule has 0 amide bonds. The molecule has 0 unspecified atom stereocenters. The van der Waals surface area contributed by atoms with E-state index < -0.39 is 6.10 Å². The Bertz CT molecular complexity index is 448. The van der Waals surface area contributed by atoms with E-state index in [2.05, 4.69) is 4.90 Å². The second-order valence-electron chi connectivity index (χ2n) is 5.85. The van der Waals surface area contributed by atoms with Crippen LogP contribution in [0.25, 0.3) is 0 Å². The molecule has 1 aromatic carbocycles. The second kappa shape index (κ2) is 6.10. The van der Waals surface area contributed by atoms with Gasteiger partial charge in [0.2, 0.25) is 0 Å². The number of rotatable bonds is 3. The standard InChI is InChI=1S/C16H22FNO2/c17-12-5-3-6-13(11-12)20-15-8-4-7-14(16(15)19)18-9-1-2-10-18/h3,5-6,11,14-16,19H,1-2,4,7-10H2/t14-,15+,16+/m0/s1. The zero-order valence-corrected chi connectivity index (χ0v) is 11.7. The third-order valence-electron chi connectivity index (χ3n) is 4.46. The first-order valence-electron chi connectivity index (χ1n) is 7.58. The Kier molecular flexibility index (Phi) is 4.22. The molecule has 3 rings (SSSR count). The summed E-state index contributed by atoms with van der Waals surface area (Å²) in [5.41, 5.74) is 0. The SMILES string of the molecule is O[C@H]1[C@H](Oc2cccc(F)c2)CCC[C@@H]1N1CCCC1. The first-order chi connectivity index (χ1) is 9.74. The van der Waals surface area contributed by atoms with Crippen LogP contribution < -0.4 is 4.74 Å². The molecule has 1 heterocycles. The van der Waals surface area contributed by atoms with Crippen molar-refractivity contribution in [1.29, 1.82) is 0 Å². The number of likely N-dealkylation sites (tertiary alicyclic amines) is 1. The second-order valence-corrected chi connectivity index (χ2v) is 5.85. The molecule has 0 spiro atoms. The Morgan fingerprint density at radius 3 is 2.70 bits per heavy atom. The molecule has 1 saturated carbocycles. The van der Waals surface area contributed by atoms with E-state index in [1.54, 1.807) is 12.1 Å².